The highest BCUT2D eigenvalue weighted by molar-refractivity contribution is 7.07. The normalized spacial score (nSPS) is 24.7. The molecule has 23 heavy (non-hydrogen) atoms. The van der Waals surface area contributed by atoms with Crippen LogP contribution >= 0.6 is 11.3 Å². The molecule has 0 bridgehead atoms. The molecule has 1 N–H and O–H groups in total. The van der Waals surface area contributed by atoms with Crippen LogP contribution in [0.25, 0.3) is 0 Å². The van der Waals surface area contributed by atoms with E-state index in [0.717, 1.165) is 38.0 Å². The third-order valence-corrected chi connectivity index (χ3v) is 5.83. The Labute approximate surface area is 143 Å². The van der Waals surface area contributed by atoms with E-state index in [2.05, 4.69) is 32.5 Å². The van der Waals surface area contributed by atoms with Crippen molar-refractivity contribution < 1.29 is 4.79 Å². The standard InChI is InChI=1S/C17H28N4OS/c1-20-9-5-16(6-10-20)21-8-2-3-14(11-21)17(22)18-7-4-15-12-23-13-19-15/h12-14,16H,2-11H2,1H3,(H,18,22)/t14-/m0/s1. The number of aromatic nitrogens is 1. The Morgan fingerprint density at radius 1 is 1.35 bits per heavy atom. The zero-order chi connectivity index (χ0) is 16.1. The van der Waals surface area contributed by atoms with E-state index in [1.54, 1.807) is 11.3 Å². The van der Waals surface area contributed by atoms with Crippen molar-refractivity contribution in [3.63, 3.8) is 0 Å². The summed E-state index contributed by atoms with van der Waals surface area (Å²) in [5.41, 5.74) is 2.92. The van der Waals surface area contributed by atoms with Gasteiger partial charge in [-0.05, 0) is 52.4 Å². The van der Waals surface area contributed by atoms with Crippen molar-refractivity contribution in [2.75, 3.05) is 39.8 Å². The minimum atomic E-state index is 0.166. The van der Waals surface area contributed by atoms with Crippen molar-refractivity contribution in [2.45, 2.75) is 38.1 Å². The van der Waals surface area contributed by atoms with Gasteiger partial charge in [0.1, 0.15) is 0 Å². The second kappa shape index (κ2) is 8.22. The summed E-state index contributed by atoms with van der Waals surface area (Å²) in [5.74, 6) is 0.400. The van der Waals surface area contributed by atoms with Crippen LogP contribution in [0.5, 0.6) is 0 Å². The number of carbonyl (C=O) groups excluding carboxylic acids is 1. The van der Waals surface area contributed by atoms with Crippen LogP contribution in [-0.4, -0.2) is 66.5 Å². The molecule has 0 aliphatic carbocycles. The van der Waals surface area contributed by atoms with Crippen LogP contribution in [0.4, 0.5) is 0 Å². The van der Waals surface area contributed by atoms with Crippen molar-refractivity contribution in [3.05, 3.63) is 16.6 Å². The molecule has 0 radical (unpaired) electrons. The first-order valence-corrected chi connectivity index (χ1v) is 9.74. The number of rotatable bonds is 5. The molecule has 0 aromatic carbocycles. The van der Waals surface area contributed by atoms with Gasteiger partial charge in [-0.15, -0.1) is 11.3 Å². The summed E-state index contributed by atoms with van der Waals surface area (Å²) >= 11 is 1.61. The minimum Gasteiger partial charge on any atom is -0.355 e. The van der Waals surface area contributed by atoms with Crippen LogP contribution in [0.15, 0.2) is 10.9 Å². The van der Waals surface area contributed by atoms with Crippen molar-refractivity contribution in [1.82, 2.24) is 20.1 Å². The number of carbonyl (C=O) groups is 1. The maximum absolute atomic E-state index is 12.4. The summed E-state index contributed by atoms with van der Waals surface area (Å²) in [4.78, 5) is 21.7. The summed E-state index contributed by atoms with van der Waals surface area (Å²) in [6.45, 7) is 5.18. The van der Waals surface area contributed by atoms with Gasteiger partial charge in [0.05, 0.1) is 17.1 Å². The third-order valence-electron chi connectivity index (χ3n) is 5.19. The predicted molar refractivity (Wildman–Crippen MR) is 93.6 cm³/mol. The van der Waals surface area contributed by atoms with Crippen LogP contribution < -0.4 is 5.32 Å². The molecule has 3 heterocycles. The number of amides is 1. The molecule has 1 aromatic rings. The lowest BCUT2D eigenvalue weighted by Crippen LogP contribution is -2.50. The van der Waals surface area contributed by atoms with Gasteiger partial charge in [0.15, 0.2) is 0 Å². The molecule has 2 fully saturated rings. The Morgan fingerprint density at radius 2 is 2.17 bits per heavy atom. The van der Waals surface area contributed by atoms with E-state index in [0.29, 0.717) is 12.6 Å². The second-order valence-electron chi connectivity index (χ2n) is 6.89. The summed E-state index contributed by atoms with van der Waals surface area (Å²) in [5, 5.41) is 5.16. The Bertz CT molecular complexity index is 485. The van der Waals surface area contributed by atoms with Gasteiger partial charge >= 0.3 is 0 Å². The first-order valence-electron chi connectivity index (χ1n) is 8.80. The summed E-state index contributed by atoms with van der Waals surface area (Å²) < 4.78 is 0. The van der Waals surface area contributed by atoms with E-state index >= 15 is 0 Å². The fourth-order valence-electron chi connectivity index (χ4n) is 3.73. The number of likely N-dealkylation sites (tertiary alicyclic amines) is 2. The van der Waals surface area contributed by atoms with E-state index in [9.17, 15) is 4.79 Å². The van der Waals surface area contributed by atoms with E-state index in [-0.39, 0.29) is 11.8 Å². The van der Waals surface area contributed by atoms with Crippen LogP contribution in [0.2, 0.25) is 0 Å². The smallest absolute Gasteiger partial charge is 0.224 e. The third kappa shape index (κ3) is 4.75. The molecular weight excluding hydrogens is 308 g/mol. The molecule has 1 atom stereocenters. The number of nitrogens with zero attached hydrogens (tertiary/aromatic N) is 3. The van der Waals surface area contributed by atoms with Crippen LogP contribution in [0.3, 0.4) is 0 Å². The van der Waals surface area contributed by atoms with Gasteiger partial charge in [0, 0.05) is 30.9 Å². The van der Waals surface area contributed by atoms with Gasteiger partial charge in [-0.1, -0.05) is 0 Å². The molecule has 0 saturated carbocycles. The summed E-state index contributed by atoms with van der Waals surface area (Å²) in [6, 6.07) is 0.678. The molecule has 2 aliphatic rings. The SMILES string of the molecule is CN1CCC(N2CCC[C@H](C(=O)NCCc3cscn3)C2)CC1. The van der Waals surface area contributed by atoms with E-state index in [4.69, 9.17) is 0 Å². The van der Waals surface area contributed by atoms with Gasteiger partial charge in [0.25, 0.3) is 0 Å². The fourth-order valence-corrected chi connectivity index (χ4v) is 4.32. The maximum atomic E-state index is 12.4. The van der Waals surface area contributed by atoms with Crippen molar-refractivity contribution >= 4 is 17.2 Å². The average molecular weight is 337 g/mol. The van der Waals surface area contributed by atoms with Crippen LogP contribution in [0, 0.1) is 5.92 Å². The van der Waals surface area contributed by atoms with E-state index < -0.39 is 0 Å². The Hall–Kier alpha value is -0.980. The molecule has 6 heteroatoms. The zero-order valence-electron chi connectivity index (χ0n) is 14.0. The van der Waals surface area contributed by atoms with Gasteiger partial charge in [0.2, 0.25) is 5.91 Å². The average Bonchev–Trinajstić information content (AvgIpc) is 3.09. The van der Waals surface area contributed by atoms with Crippen LogP contribution in [-0.2, 0) is 11.2 Å². The number of nitrogens with one attached hydrogen (secondary N) is 1. The Morgan fingerprint density at radius 3 is 2.91 bits per heavy atom. The molecule has 3 rings (SSSR count). The summed E-state index contributed by atoms with van der Waals surface area (Å²) in [6.07, 6.45) is 5.51. The van der Waals surface area contributed by atoms with Gasteiger partial charge < -0.3 is 10.2 Å². The molecule has 0 unspecified atom stereocenters. The second-order valence-corrected chi connectivity index (χ2v) is 7.61. The number of hydrogen-bond donors (Lipinski definition) is 1. The highest BCUT2D eigenvalue weighted by Gasteiger charge is 2.30. The Kier molecular flexibility index (Phi) is 6.02. The monoisotopic (exact) mass is 336 g/mol. The maximum Gasteiger partial charge on any atom is 0.224 e. The predicted octanol–water partition coefficient (Wildman–Crippen LogP) is 1.61. The van der Waals surface area contributed by atoms with Gasteiger partial charge in [-0.2, -0.15) is 0 Å². The number of thiazole rings is 1. The molecule has 128 valence electrons. The minimum absolute atomic E-state index is 0.166. The molecule has 0 spiro atoms. The first kappa shape index (κ1) is 16.9. The molecular formula is C17H28N4OS. The van der Waals surface area contributed by atoms with Gasteiger partial charge in [-0.25, -0.2) is 4.98 Å². The molecule has 2 saturated heterocycles. The quantitative estimate of drug-likeness (QED) is 0.887. The summed E-state index contributed by atoms with van der Waals surface area (Å²) in [7, 11) is 2.20. The molecule has 5 nitrogen and oxygen atoms in total. The number of piperidine rings is 2. The van der Waals surface area contributed by atoms with Gasteiger partial charge in [-0.3, -0.25) is 9.69 Å². The highest BCUT2D eigenvalue weighted by Crippen LogP contribution is 2.23. The molecule has 1 aromatic heterocycles. The zero-order valence-corrected chi connectivity index (χ0v) is 14.9. The number of hydrogen-bond acceptors (Lipinski definition) is 5. The Balaban J connectivity index is 1.43. The highest BCUT2D eigenvalue weighted by atomic mass is 32.1. The largest absolute Gasteiger partial charge is 0.355 e. The van der Waals surface area contributed by atoms with E-state index in [1.165, 1.54) is 25.9 Å². The lowest BCUT2D eigenvalue weighted by molar-refractivity contribution is -0.127. The van der Waals surface area contributed by atoms with Crippen molar-refractivity contribution in [1.29, 1.82) is 0 Å². The van der Waals surface area contributed by atoms with E-state index in [1.807, 2.05) is 5.51 Å². The molecule has 2 aliphatic heterocycles. The lowest BCUT2D eigenvalue weighted by atomic mass is 9.93. The molecule has 1 amide bonds. The first-order chi connectivity index (χ1) is 11.2. The van der Waals surface area contributed by atoms with Crippen LogP contribution in [0.1, 0.15) is 31.4 Å². The topological polar surface area (TPSA) is 48.5 Å². The fraction of sp³-hybridized carbons (Fsp3) is 0.765. The lowest BCUT2D eigenvalue weighted by Gasteiger charge is -2.41. The van der Waals surface area contributed by atoms with Crippen molar-refractivity contribution in [3.8, 4) is 0 Å². The van der Waals surface area contributed by atoms with Crippen molar-refractivity contribution in [2.24, 2.45) is 5.92 Å².